The summed E-state index contributed by atoms with van der Waals surface area (Å²) in [4.78, 5) is 25.3. The van der Waals surface area contributed by atoms with E-state index in [-0.39, 0.29) is 11.8 Å². The molecule has 0 spiro atoms. The van der Waals surface area contributed by atoms with E-state index in [0.717, 1.165) is 23.3 Å². The van der Waals surface area contributed by atoms with Crippen LogP contribution in [0.2, 0.25) is 0 Å². The van der Waals surface area contributed by atoms with Crippen molar-refractivity contribution in [3.8, 4) is 5.75 Å². The van der Waals surface area contributed by atoms with E-state index in [1.807, 2.05) is 48.5 Å². The number of carbonyl (C=O) groups is 2. The molecule has 0 aromatic heterocycles. The van der Waals surface area contributed by atoms with Crippen LogP contribution in [0.4, 0.5) is 5.69 Å². The van der Waals surface area contributed by atoms with Gasteiger partial charge in [-0.1, -0.05) is 37.3 Å². The van der Waals surface area contributed by atoms with Crippen LogP contribution in [0.1, 0.15) is 31.4 Å². The number of carbonyl (C=O) groups excluding carboxylic acids is 2. The van der Waals surface area contributed by atoms with Crippen molar-refractivity contribution < 1.29 is 14.3 Å². The van der Waals surface area contributed by atoms with Crippen LogP contribution in [0.25, 0.3) is 6.08 Å². The van der Waals surface area contributed by atoms with E-state index in [2.05, 4.69) is 12.2 Å². The highest BCUT2D eigenvalue weighted by Crippen LogP contribution is 2.17. The topological polar surface area (TPSA) is 58.6 Å². The van der Waals surface area contributed by atoms with E-state index >= 15 is 0 Å². The van der Waals surface area contributed by atoms with E-state index < -0.39 is 0 Å². The molecule has 0 aliphatic carbocycles. The van der Waals surface area contributed by atoms with Crippen molar-refractivity contribution >= 4 is 23.6 Å². The van der Waals surface area contributed by atoms with Crippen molar-refractivity contribution in [3.63, 3.8) is 0 Å². The third kappa shape index (κ3) is 6.62. The lowest BCUT2D eigenvalue weighted by Crippen LogP contribution is -2.24. The lowest BCUT2D eigenvalue weighted by atomic mass is 10.1. The Bertz CT molecular complexity index is 797. The third-order valence-corrected chi connectivity index (χ3v) is 4.00. The predicted molar refractivity (Wildman–Crippen MR) is 108 cm³/mol. The molecule has 0 aliphatic heterocycles. The molecule has 0 saturated heterocycles. The van der Waals surface area contributed by atoms with Crippen LogP contribution in [0.3, 0.4) is 0 Å². The maximum Gasteiger partial charge on any atom is 0.248 e. The normalized spacial score (nSPS) is 10.6. The molecule has 5 nitrogen and oxygen atoms in total. The van der Waals surface area contributed by atoms with Gasteiger partial charge in [0, 0.05) is 32.3 Å². The summed E-state index contributed by atoms with van der Waals surface area (Å²) in [5.41, 5.74) is 2.50. The number of hydrogen-bond acceptors (Lipinski definition) is 3. The fourth-order valence-electron chi connectivity index (χ4n) is 2.39. The van der Waals surface area contributed by atoms with Crippen LogP contribution in [0, 0.1) is 0 Å². The molecule has 27 heavy (non-hydrogen) atoms. The minimum atomic E-state index is -0.223. The van der Waals surface area contributed by atoms with Gasteiger partial charge in [-0.3, -0.25) is 9.59 Å². The summed E-state index contributed by atoms with van der Waals surface area (Å²) < 4.78 is 5.55. The van der Waals surface area contributed by atoms with Gasteiger partial charge in [0.1, 0.15) is 5.75 Å². The highest BCUT2D eigenvalue weighted by atomic mass is 16.5. The van der Waals surface area contributed by atoms with Crippen molar-refractivity contribution in [1.82, 2.24) is 4.90 Å². The van der Waals surface area contributed by atoms with Crippen LogP contribution in [0.15, 0.2) is 54.6 Å². The molecule has 2 aromatic carbocycles. The van der Waals surface area contributed by atoms with Crippen LogP contribution in [-0.4, -0.2) is 30.4 Å². The molecule has 0 atom stereocenters. The molecule has 142 valence electrons. The molecule has 5 heteroatoms. The molecule has 0 saturated carbocycles. The molecule has 2 rings (SSSR count). The van der Waals surface area contributed by atoms with Crippen LogP contribution in [0.5, 0.6) is 5.75 Å². The van der Waals surface area contributed by atoms with Gasteiger partial charge in [0.05, 0.1) is 6.61 Å². The molecule has 0 radical (unpaired) electrons. The zero-order valence-corrected chi connectivity index (χ0v) is 16.1. The largest absolute Gasteiger partial charge is 0.494 e. The van der Waals surface area contributed by atoms with Gasteiger partial charge in [0.15, 0.2) is 0 Å². The van der Waals surface area contributed by atoms with Gasteiger partial charge >= 0.3 is 0 Å². The summed E-state index contributed by atoms with van der Waals surface area (Å²) in [6, 6.07) is 15.1. The number of rotatable bonds is 8. The third-order valence-electron chi connectivity index (χ3n) is 4.00. The number of ether oxygens (including phenoxy) is 1. The summed E-state index contributed by atoms with van der Waals surface area (Å²) >= 11 is 0. The molecule has 2 amide bonds. The zero-order valence-electron chi connectivity index (χ0n) is 16.1. The number of para-hydroxylation sites is 1. The summed E-state index contributed by atoms with van der Waals surface area (Å²) in [7, 11) is 1.73. The van der Waals surface area contributed by atoms with E-state index in [1.165, 1.54) is 13.0 Å². The Labute approximate surface area is 160 Å². The molecule has 0 bridgehead atoms. The first-order valence-electron chi connectivity index (χ1n) is 9.01. The minimum Gasteiger partial charge on any atom is -0.494 e. The highest BCUT2D eigenvalue weighted by Gasteiger charge is 2.08. The highest BCUT2D eigenvalue weighted by molar-refractivity contribution is 6.02. The maximum atomic E-state index is 12.3. The second kappa shape index (κ2) is 10.2. The maximum absolute atomic E-state index is 12.3. The van der Waals surface area contributed by atoms with Crippen LogP contribution >= 0.6 is 0 Å². The minimum absolute atomic E-state index is 0.0256. The fraction of sp³-hybridized carbons (Fsp3) is 0.273. The number of benzene rings is 2. The van der Waals surface area contributed by atoms with Gasteiger partial charge in [0.25, 0.3) is 0 Å². The second-order valence-electron chi connectivity index (χ2n) is 6.27. The second-order valence-corrected chi connectivity index (χ2v) is 6.27. The number of amides is 2. The molecular formula is C22H26N2O3. The Balaban J connectivity index is 1.99. The molecular weight excluding hydrogens is 340 g/mol. The van der Waals surface area contributed by atoms with Gasteiger partial charge in [0.2, 0.25) is 11.8 Å². The van der Waals surface area contributed by atoms with Crippen molar-refractivity contribution in [2.24, 2.45) is 0 Å². The first-order valence-corrected chi connectivity index (χ1v) is 9.01. The Hall–Kier alpha value is -3.08. The lowest BCUT2D eigenvalue weighted by Gasteiger charge is -2.17. The fourth-order valence-corrected chi connectivity index (χ4v) is 2.39. The first-order chi connectivity index (χ1) is 13.0. The Morgan fingerprint density at radius 1 is 1.11 bits per heavy atom. The van der Waals surface area contributed by atoms with Crippen LogP contribution < -0.4 is 10.1 Å². The van der Waals surface area contributed by atoms with E-state index in [9.17, 15) is 9.59 Å². The monoisotopic (exact) mass is 366 g/mol. The average Bonchev–Trinajstić information content (AvgIpc) is 2.67. The van der Waals surface area contributed by atoms with E-state index in [4.69, 9.17) is 4.74 Å². The van der Waals surface area contributed by atoms with Gasteiger partial charge in [-0.25, -0.2) is 0 Å². The summed E-state index contributed by atoms with van der Waals surface area (Å²) in [6.07, 6.45) is 4.21. The van der Waals surface area contributed by atoms with E-state index in [0.29, 0.717) is 18.8 Å². The van der Waals surface area contributed by atoms with E-state index in [1.54, 1.807) is 18.0 Å². The number of anilines is 1. The molecule has 0 heterocycles. The van der Waals surface area contributed by atoms with Gasteiger partial charge in [-0.15, -0.1) is 0 Å². The van der Waals surface area contributed by atoms with Crippen molar-refractivity contribution in [2.45, 2.75) is 26.8 Å². The molecule has 1 N–H and O–H groups in total. The molecule has 0 fully saturated rings. The standard InChI is InChI=1S/C22H26N2O3/c1-4-15-27-20-12-9-18(10-13-20)11-14-22(26)23-21-8-6-5-7-19(21)16-24(3)17(2)25/h5-14H,4,15-16H2,1-3H3,(H,23,26)/b14-11+. The lowest BCUT2D eigenvalue weighted by molar-refractivity contribution is -0.128. The predicted octanol–water partition coefficient (Wildman–Crippen LogP) is 4.11. The smallest absolute Gasteiger partial charge is 0.248 e. The summed E-state index contributed by atoms with van der Waals surface area (Å²) in [5, 5.41) is 2.88. The number of hydrogen-bond donors (Lipinski definition) is 1. The SMILES string of the molecule is CCCOc1ccc(/C=C/C(=O)Nc2ccccc2CN(C)C(C)=O)cc1. The van der Waals surface area contributed by atoms with Gasteiger partial charge in [-0.05, 0) is 41.8 Å². The number of nitrogens with zero attached hydrogens (tertiary/aromatic N) is 1. The summed E-state index contributed by atoms with van der Waals surface area (Å²) in [5.74, 6) is 0.573. The Morgan fingerprint density at radius 2 is 1.81 bits per heavy atom. The quantitative estimate of drug-likeness (QED) is 0.716. The Kier molecular flexibility index (Phi) is 7.62. The summed E-state index contributed by atoms with van der Waals surface area (Å²) in [6.45, 7) is 4.71. The Morgan fingerprint density at radius 3 is 2.48 bits per heavy atom. The first kappa shape index (κ1) is 20.2. The van der Waals surface area contributed by atoms with Gasteiger partial charge < -0.3 is 15.0 Å². The molecule has 0 aliphatic rings. The van der Waals surface area contributed by atoms with Gasteiger partial charge in [-0.2, -0.15) is 0 Å². The molecule has 0 unspecified atom stereocenters. The number of nitrogens with one attached hydrogen (secondary N) is 1. The van der Waals surface area contributed by atoms with Crippen molar-refractivity contribution in [2.75, 3.05) is 19.0 Å². The molecule has 2 aromatic rings. The average molecular weight is 366 g/mol. The van der Waals surface area contributed by atoms with Crippen LogP contribution in [-0.2, 0) is 16.1 Å². The van der Waals surface area contributed by atoms with Crippen molar-refractivity contribution in [1.29, 1.82) is 0 Å². The zero-order chi connectivity index (χ0) is 19.6. The van der Waals surface area contributed by atoms with Crippen molar-refractivity contribution in [3.05, 3.63) is 65.7 Å².